The van der Waals surface area contributed by atoms with Crippen LogP contribution < -0.4 is 0 Å². The average molecular weight is 331 g/mol. The monoisotopic (exact) mass is 330 g/mol. The van der Waals surface area contributed by atoms with E-state index in [0.29, 0.717) is 19.1 Å². The second-order valence-corrected chi connectivity index (χ2v) is 6.90. The number of halogens is 1. The highest BCUT2D eigenvalue weighted by molar-refractivity contribution is 6.32. The minimum atomic E-state index is -0.428. The fourth-order valence-corrected chi connectivity index (χ4v) is 4.18. The molecule has 0 amide bonds. The minimum Gasteiger partial charge on any atom is -0.371 e. The average Bonchev–Trinajstić information content (AvgIpc) is 3.23. The van der Waals surface area contributed by atoms with E-state index >= 15 is 0 Å². The lowest BCUT2D eigenvalue weighted by Crippen LogP contribution is -2.50. The lowest BCUT2D eigenvalue weighted by Gasteiger charge is -2.36. The van der Waals surface area contributed by atoms with Gasteiger partial charge in [0.05, 0.1) is 24.7 Å². The Morgan fingerprint density at radius 3 is 2.91 bits per heavy atom. The van der Waals surface area contributed by atoms with Crippen LogP contribution in [0.1, 0.15) is 30.7 Å². The molecule has 0 radical (unpaired) electrons. The maximum Gasteiger partial charge on any atom is 0.313 e. The van der Waals surface area contributed by atoms with Gasteiger partial charge in [-0.15, -0.1) is 0 Å². The van der Waals surface area contributed by atoms with Gasteiger partial charge in [0.25, 0.3) is 0 Å². The molecule has 2 saturated heterocycles. The third kappa shape index (κ3) is 2.51. The van der Waals surface area contributed by atoms with Gasteiger partial charge in [0.1, 0.15) is 6.61 Å². The van der Waals surface area contributed by atoms with Gasteiger partial charge in [0.2, 0.25) is 0 Å². The third-order valence-electron chi connectivity index (χ3n) is 5.27. The number of nitrogens with one attached hydrogen (secondary N) is 1. The lowest BCUT2D eigenvalue weighted by molar-refractivity contribution is 0.0756. The number of likely N-dealkylation sites (tertiary alicyclic amines) is 1. The number of hydrogen-bond donors (Lipinski definition) is 1. The number of benzene rings is 1. The molecule has 1 unspecified atom stereocenters. The number of nitrogens with zero attached hydrogens (tertiary/aromatic N) is 3. The van der Waals surface area contributed by atoms with Crippen molar-refractivity contribution in [1.29, 1.82) is 0 Å². The topological polar surface area (TPSA) is 45.5 Å². The Labute approximate surface area is 140 Å². The molecule has 3 heterocycles. The molecule has 2 aliphatic rings. The summed E-state index contributed by atoms with van der Waals surface area (Å²) in [6.45, 7) is 10.7. The molecule has 0 saturated carbocycles. The Balaban J connectivity index is 1.52. The van der Waals surface area contributed by atoms with Gasteiger partial charge in [-0.05, 0) is 36.5 Å². The quantitative estimate of drug-likeness (QED) is 0.858. The standard InChI is InChI=1S/C17H19ClN4O/c1-19-17(4-7-23-11-17)22-5-2-12(3-6-22)14-9-16-13(8-15(14)18)10-20-21-16/h8-10,12H,2-7,11H2,(H,20,21). The lowest BCUT2D eigenvalue weighted by atomic mass is 9.87. The molecule has 2 aromatic rings. The number of ether oxygens (including phenoxy) is 1. The largest absolute Gasteiger partial charge is 0.371 e. The van der Waals surface area contributed by atoms with E-state index in [-0.39, 0.29) is 0 Å². The zero-order chi connectivity index (χ0) is 15.9. The van der Waals surface area contributed by atoms with Gasteiger partial charge in [0.15, 0.2) is 0 Å². The van der Waals surface area contributed by atoms with Gasteiger partial charge >= 0.3 is 5.66 Å². The molecule has 1 aromatic heterocycles. The van der Waals surface area contributed by atoms with Crippen molar-refractivity contribution in [2.24, 2.45) is 0 Å². The van der Waals surface area contributed by atoms with Crippen LogP contribution in [0, 0.1) is 6.57 Å². The van der Waals surface area contributed by atoms with Crippen LogP contribution in [0.3, 0.4) is 0 Å². The SMILES string of the molecule is [C-]#[N+]C1(N2CCC(c3cc4[nH]ncc4cc3Cl)CC2)CCOC1. The number of piperidine rings is 1. The van der Waals surface area contributed by atoms with E-state index in [1.807, 2.05) is 6.07 Å². The number of aromatic amines is 1. The van der Waals surface area contributed by atoms with E-state index in [4.69, 9.17) is 22.9 Å². The van der Waals surface area contributed by atoms with Gasteiger partial charge < -0.3 is 4.74 Å². The summed E-state index contributed by atoms with van der Waals surface area (Å²) in [6, 6.07) is 4.13. The van der Waals surface area contributed by atoms with Crippen LogP contribution in [0.15, 0.2) is 18.3 Å². The molecule has 0 bridgehead atoms. The van der Waals surface area contributed by atoms with E-state index in [1.165, 1.54) is 5.56 Å². The van der Waals surface area contributed by atoms with Crippen LogP contribution in [0.4, 0.5) is 0 Å². The van der Waals surface area contributed by atoms with Crippen molar-refractivity contribution in [2.75, 3.05) is 26.3 Å². The summed E-state index contributed by atoms with van der Waals surface area (Å²) in [6.07, 6.45) is 4.67. The fraction of sp³-hybridized carbons (Fsp3) is 0.529. The summed E-state index contributed by atoms with van der Waals surface area (Å²) in [5, 5.41) is 8.96. The summed E-state index contributed by atoms with van der Waals surface area (Å²) in [4.78, 5) is 6.22. The number of H-pyrrole nitrogens is 1. The maximum absolute atomic E-state index is 7.58. The molecule has 1 atom stereocenters. The van der Waals surface area contributed by atoms with E-state index < -0.39 is 5.66 Å². The van der Waals surface area contributed by atoms with Gasteiger partial charge in [-0.3, -0.25) is 9.94 Å². The van der Waals surface area contributed by atoms with E-state index in [1.54, 1.807) is 6.20 Å². The molecular formula is C17H19ClN4O. The summed E-state index contributed by atoms with van der Waals surface area (Å²) >= 11 is 6.49. The molecule has 1 N–H and O–H groups in total. The zero-order valence-corrected chi connectivity index (χ0v) is 13.6. The van der Waals surface area contributed by atoms with Gasteiger partial charge in [-0.1, -0.05) is 11.6 Å². The first-order valence-corrected chi connectivity index (χ1v) is 8.44. The molecule has 6 heteroatoms. The smallest absolute Gasteiger partial charge is 0.313 e. The van der Waals surface area contributed by atoms with Crippen LogP contribution in [-0.4, -0.2) is 47.1 Å². The molecular weight excluding hydrogens is 312 g/mol. The molecule has 23 heavy (non-hydrogen) atoms. The van der Waals surface area contributed by atoms with Crippen molar-refractivity contribution in [3.63, 3.8) is 0 Å². The van der Waals surface area contributed by atoms with Crippen molar-refractivity contribution in [1.82, 2.24) is 15.1 Å². The van der Waals surface area contributed by atoms with Gasteiger partial charge in [0, 0.05) is 23.5 Å². The Bertz CT molecular complexity index is 752. The highest BCUT2D eigenvalue weighted by Crippen LogP contribution is 2.38. The predicted octanol–water partition coefficient (Wildman–Crippen LogP) is 3.43. The number of rotatable bonds is 2. The first-order chi connectivity index (χ1) is 11.2. The molecule has 120 valence electrons. The highest BCUT2D eigenvalue weighted by Gasteiger charge is 2.48. The zero-order valence-electron chi connectivity index (χ0n) is 12.9. The second kappa shape index (κ2) is 5.79. The minimum absolute atomic E-state index is 0.428. The van der Waals surface area contributed by atoms with Crippen molar-refractivity contribution in [3.05, 3.63) is 40.3 Å². The molecule has 2 fully saturated rings. The normalized spacial score (nSPS) is 26.6. The Morgan fingerprint density at radius 1 is 1.39 bits per heavy atom. The van der Waals surface area contributed by atoms with Crippen LogP contribution in [0.5, 0.6) is 0 Å². The number of aromatic nitrogens is 2. The molecule has 4 rings (SSSR count). The maximum atomic E-state index is 7.58. The Kier molecular flexibility index (Phi) is 3.76. The van der Waals surface area contributed by atoms with Crippen molar-refractivity contribution >= 4 is 22.5 Å². The molecule has 0 aliphatic carbocycles. The Morgan fingerprint density at radius 2 is 2.22 bits per heavy atom. The molecule has 1 aromatic carbocycles. The summed E-state index contributed by atoms with van der Waals surface area (Å²) in [7, 11) is 0. The van der Waals surface area contributed by atoms with Gasteiger partial charge in [-0.2, -0.15) is 5.10 Å². The number of hydrogen-bond acceptors (Lipinski definition) is 3. The third-order valence-corrected chi connectivity index (χ3v) is 5.60. The predicted molar refractivity (Wildman–Crippen MR) is 89.4 cm³/mol. The van der Waals surface area contributed by atoms with Crippen molar-refractivity contribution in [2.45, 2.75) is 30.8 Å². The van der Waals surface area contributed by atoms with E-state index in [0.717, 1.165) is 48.3 Å². The van der Waals surface area contributed by atoms with E-state index in [2.05, 4.69) is 26.0 Å². The summed E-state index contributed by atoms with van der Waals surface area (Å²) < 4.78 is 5.49. The van der Waals surface area contributed by atoms with Crippen molar-refractivity contribution < 1.29 is 4.74 Å². The van der Waals surface area contributed by atoms with Crippen LogP contribution >= 0.6 is 11.6 Å². The summed E-state index contributed by atoms with van der Waals surface area (Å²) in [5.41, 5.74) is 1.80. The first kappa shape index (κ1) is 14.9. The first-order valence-electron chi connectivity index (χ1n) is 8.06. The molecule has 5 nitrogen and oxygen atoms in total. The van der Waals surface area contributed by atoms with Crippen LogP contribution in [0.25, 0.3) is 15.7 Å². The van der Waals surface area contributed by atoms with Gasteiger partial charge in [-0.25, -0.2) is 11.5 Å². The molecule has 2 aliphatic heterocycles. The highest BCUT2D eigenvalue weighted by atomic mass is 35.5. The Hall–Kier alpha value is -1.61. The fourth-order valence-electron chi connectivity index (χ4n) is 3.85. The second-order valence-electron chi connectivity index (χ2n) is 6.49. The number of fused-ring (bicyclic) bond motifs is 1. The molecule has 0 spiro atoms. The van der Waals surface area contributed by atoms with Crippen molar-refractivity contribution in [3.8, 4) is 0 Å². The van der Waals surface area contributed by atoms with E-state index in [9.17, 15) is 0 Å². The summed E-state index contributed by atoms with van der Waals surface area (Å²) in [5.74, 6) is 0.441. The van der Waals surface area contributed by atoms with Crippen LogP contribution in [0.2, 0.25) is 5.02 Å². The van der Waals surface area contributed by atoms with Crippen LogP contribution in [-0.2, 0) is 4.74 Å².